The smallest absolute Gasteiger partial charge is 0.310 e. The molecule has 0 heterocycles. The zero-order valence-electron chi connectivity index (χ0n) is 44.7. The van der Waals surface area contributed by atoms with Gasteiger partial charge < -0.3 is 14.2 Å². The predicted molar refractivity (Wildman–Crippen MR) is 306 cm³/mol. The van der Waals surface area contributed by atoms with Gasteiger partial charge in [0.05, 0.1) is 13.0 Å². The van der Waals surface area contributed by atoms with Crippen molar-refractivity contribution in [2.45, 2.75) is 207 Å². The molecule has 0 aromatic carbocycles. The number of hydrogen-bond acceptors (Lipinski definition) is 5. The molecule has 390 valence electrons. The summed E-state index contributed by atoms with van der Waals surface area (Å²) in [6.45, 7) is 7.28. The van der Waals surface area contributed by atoms with Crippen molar-refractivity contribution in [1.82, 2.24) is 0 Å². The van der Waals surface area contributed by atoms with Gasteiger partial charge in [-0.2, -0.15) is 0 Å². The van der Waals surface area contributed by atoms with Gasteiger partial charge in [-0.25, -0.2) is 0 Å². The van der Waals surface area contributed by atoms with E-state index >= 15 is 0 Å². The Morgan fingerprint density at radius 1 is 0.329 bits per heavy atom. The average molecular weight is 962 g/mol. The van der Waals surface area contributed by atoms with Gasteiger partial charge in [-0.3, -0.25) is 9.59 Å². The molecule has 70 heavy (non-hydrogen) atoms. The van der Waals surface area contributed by atoms with Crippen molar-refractivity contribution < 1.29 is 23.8 Å². The van der Waals surface area contributed by atoms with Crippen LogP contribution in [0.2, 0.25) is 0 Å². The van der Waals surface area contributed by atoms with Crippen LogP contribution in [-0.4, -0.2) is 37.9 Å². The van der Waals surface area contributed by atoms with E-state index in [9.17, 15) is 9.59 Å². The van der Waals surface area contributed by atoms with E-state index in [0.29, 0.717) is 13.0 Å². The Kier molecular flexibility index (Phi) is 54.6. The Hall–Kier alpha value is -4.74. The van der Waals surface area contributed by atoms with Crippen molar-refractivity contribution in [3.05, 3.63) is 170 Å². The summed E-state index contributed by atoms with van der Waals surface area (Å²) in [4.78, 5) is 25.4. The molecule has 0 amide bonds. The molecule has 0 aromatic rings. The number of carbonyl (C=O) groups excluding carboxylic acids is 2. The summed E-state index contributed by atoms with van der Waals surface area (Å²) in [5.41, 5.74) is 0. The summed E-state index contributed by atoms with van der Waals surface area (Å²) in [7, 11) is 0. The lowest BCUT2D eigenvalue weighted by Gasteiger charge is -2.18. The van der Waals surface area contributed by atoms with Crippen molar-refractivity contribution in [1.29, 1.82) is 0 Å². The van der Waals surface area contributed by atoms with E-state index in [0.717, 1.165) is 148 Å². The molecule has 5 nitrogen and oxygen atoms in total. The third-order valence-corrected chi connectivity index (χ3v) is 10.8. The molecule has 0 N–H and O–H groups in total. The lowest BCUT2D eigenvalue weighted by molar-refractivity contribution is -0.162. The number of allylic oxidation sites excluding steroid dienone is 27. The number of carbonyl (C=O) groups is 2. The van der Waals surface area contributed by atoms with Crippen LogP contribution in [0.3, 0.4) is 0 Å². The normalized spacial score (nSPS) is 13.6. The van der Waals surface area contributed by atoms with Gasteiger partial charge in [-0.15, -0.1) is 0 Å². The molecule has 0 aromatic heterocycles. The van der Waals surface area contributed by atoms with Gasteiger partial charge in [-0.05, 0) is 128 Å². The van der Waals surface area contributed by atoms with Crippen LogP contribution in [0.4, 0.5) is 0 Å². The number of rotatable bonds is 48. The van der Waals surface area contributed by atoms with E-state index < -0.39 is 6.10 Å². The Morgan fingerprint density at radius 3 is 1.03 bits per heavy atom. The van der Waals surface area contributed by atoms with E-state index in [4.69, 9.17) is 14.2 Å². The zero-order chi connectivity index (χ0) is 50.6. The molecule has 0 aliphatic carbocycles. The molecular formula is C65H100O5. The molecule has 0 saturated carbocycles. The van der Waals surface area contributed by atoms with Crippen molar-refractivity contribution in [3.8, 4) is 0 Å². The van der Waals surface area contributed by atoms with E-state index in [2.05, 4.69) is 179 Å². The summed E-state index contributed by atoms with van der Waals surface area (Å²) in [6.07, 6.45) is 88.2. The van der Waals surface area contributed by atoms with Gasteiger partial charge in [0, 0.05) is 13.0 Å². The summed E-state index contributed by atoms with van der Waals surface area (Å²) >= 11 is 0. The minimum absolute atomic E-state index is 0.0147. The Labute approximate surface area is 430 Å². The second kappa shape index (κ2) is 58.6. The van der Waals surface area contributed by atoms with Crippen LogP contribution < -0.4 is 0 Å². The quantitative estimate of drug-likeness (QED) is 0.0345. The van der Waals surface area contributed by atoms with Crippen LogP contribution >= 0.6 is 0 Å². The van der Waals surface area contributed by atoms with Crippen molar-refractivity contribution in [2.24, 2.45) is 0 Å². The van der Waals surface area contributed by atoms with Crippen LogP contribution in [0.15, 0.2) is 170 Å². The first kappa shape index (κ1) is 65.3. The van der Waals surface area contributed by atoms with Crippen molar-refractivity contribution in [2.75, 3.05) is 19.8 Å². The fourth-order valence-corrected chi connectivity index (χ4v) is 6.78. The molecule has 0 aliphatic heterocycles. The largest absolute Gasteiger partial charge is 0.462 e. The first-order chi connectivity index (χ1) is 34.6. The maximum absolute atomic E-state index is 12.8. The molecule has 0 radical (unpaired) electrons. The predicted octanol–water partition coefficient (Wildman–Crippen LogP) is 19.2. The molecule has 1 atom stereocenters. The highest BCUT2D eigenvalue weighted by Crippen LogP contribution is 2.11. The minimum Gasteiger partial charge on any atom is -0.462 e. The van der Waals surface area contributed by atoms with Gasteiger partial charge in [0.15, 0.2) is 6.10 Å². The Bertz CT molecular complexity index is 1600. The third kappa shape index (κ3) is 55.9. The molecule has 0 saturated heterocycles. The van der Waals surface area contributed by atoms with E-state index in [-0.39, 0.29) is 31.6 Å². The van der Waals surface area contributed by atoms with Gasteiger partial charge in [0.2, 0.25) is 0 Å². The first-order valence-electron chi connectivity index (χ1n) is 27.7. The molecule has 1 unspecified atom stereocenters. The summed E-state index contributed by atoms with van der Waals surface area (Å²) in [5.74, 6) is -0.589. The Balaban J connectivity index is 4.50. The topological polar surface area (TPSA) is 61.8 Å². The van der Waals surface area contributed by atoms with E-state index in [1.54, 1.807) is 0 Å². The average Bonchev–Trinajstić information content (AvgIpc) is 3.36. The maximum atomic E-state index is 12.8. The minimum atomic E-state index is -0.625. The van der Waals surface area contributed by atoms with Crippen LogP contribution in [0.5, 0.6) is 0 Å². The highest BCUT2D eigenvalue weighted by Gasteiger charge is 2.17. The van der Waals surface area contributed by atoms with Crippen LogP contribution in [-0.2, 0) is 23.8 Å². The van der Waals surface area contributed by atoms with Crippen LogP contribution in [0.1, 0.15) is 201 Å². The van der Waals surface area contributed by atoms with Gasteiger partial charge in [0.1, 0.15) is 6.61 Å². The third-order valence-electron chi connectivity index (χ3n) is 10.8. The number of esters is 2. The van der Waals surface area contributed by atoms with E-state index in [1.165, 1.54) is 19.3 Å². The highest BCUT2D eigenvalue weighted by molar-refractivity contribution is 5.71. The van der Waals surface area contributed by atoms with Crippen molar-refractivity contribution in [3.63, 3.8) is 0 Å². The molecule has 5 heteroatoms. The first-order valence-corrected chi connectivity index (χ1v) is 27.7. The number of hydrogen-bond donors (Lipinski definition) is 0. The fourth-order valence-electron chi connectivity index (χ4n) is 6.78. The SMILES string of the molecule is CC/C=C\C/C=C\C/C=C\C/C=C\C/C=C\CCCCCCOCC(COC(=O)CCCCCCCC/C=C\C/C=C\C/C=C\C/C=C\CC)OC(=O)C/C=C\C/C=C\C/C=C\C/C=C\C/C=C\CC. The standard InChI is InChI=1S/C65H100O5/c1-4-7-10-13-16-19-22-25-28-30-32-34-36-39-42-45-48-51-54-57-60-68-61-63(70-65(67)59-56-53-50-47-44-41-37-27-24-21-18-15-12-9-6-3)62-69-64(66)58-55-52-49-46-43-40-38-35-33-31-29-26-23-20-17-14-11-8-5-2/h7-12,16-21,25-29,32-35,37,39,42,44,47,53,56,63H,4-6,13-15,22-24,30-31,36,38,40-41,43,45-46,48-52,54-55,57-62H2,1-3H3/b10-7-,11-8-,12-9-,19-16-,20-17-,21-18-,28-25-,29-26-,34-32-,35-33-,37-27-,42-39-,47-44-,56-53-. The molecule has 0 fully saturated rings. The highest BCUT2D eigenvalue weighted by atomic mass is 16.6. The van der Waals surface area contributed by atoms with Crippen LogP contribution in [0.25, 0.3) is 0 Å². The summed E-state index contributed by atoms with van der Waals surface area (Å²) in [6, 6.07) is 0. The zero-order valence-corrected chi connectivity index (χ0v) is 44.7. The molecule has 0 bridgehead atoms. The van der Waals surface area contributed by atoms with Crippen molar-refractivity contribution >= 4 is 11.9 Å². The second-order valence-electron chi connectivity index (χ2n) is 17.4. The molecular weight excluding hydrogens is 861 g/mol. The van der Waals surface area contributed by atoms with E-state index in [1.807, 2.05) is 12.2 Å². The fraction of sp³-hybridized carbons (Fsp3) is 0.538. The number of ether oxygens (including phenoxy) is 3. The van der Waals surface area contributed by atoms with Gasteiger partial charge in [0.25, 0.3) is 0 Å². The lowest BCUT2D eigenvalue weighted by atomic mass is 10.1. The maximum Gasteiger partial charge on any atom is 0.310 e. The number of unbranched alkanes of at least 4 members (excludes halogenated alkanes) is 10. The van der Waals surface area contributed by atoms with Gasteiger partial charge in [-0.1, -0.05) is 229 Å². The lowest BCUT2D eigenvalue weighted by Crippen LogP contribution is -2.29. The van der Waals surface area contributed by atoms with Gasteiger partial charge >= 0.3 is 11.9 Å². The second-order valence-corrected chi connectivity index (χ2v) is 17.4. The summed E-state index contributed by atoms with van der Waals surface area (Å²) in [5, 5.41) is 0. The molecule has 0 rings (SSSR count). The Morgan fingerprint density at radius 2 is 0.643 bits per heavy atom. The molecule has 0 aliphatic rings. The monoisotopic (exact) mass is 961 g/mol. The van der Waals surface area contributed by atoms with Crippen LogP contribution in [0, 0.1) is 0 Å². The molecule has 0 spiro atoms. The summed E-state index contributed by atoms with van der Waals surface area (Å²) < 4.78 is 17.3.